The van der Waals surface area contributed by atoms with Crippen LogP contribution in [0.15, 0.2) is 36.4 Å². The van der Waals surface area contributed by atoms with Crippen LogP contribution in [0, 0.1) is 5.92 Å². The largest absolute Gasteiger partial charge is 0.454 e. The number of hydrogen-bond acceptors (Lipinski definition) is 5. The summed E-state index contributed by atoms with van der Waals surface area (Å²) in [7, 11) is 0. The standard InChI is InChI=1S/C24H26Cl2N2O4/c25-16-5-6-19(18(26)12-16)27-22(29)13-28-10-9-24(30)8-2-1-3-17(24)23(28)15-4-7-20-21(11-15)32-14-31-20/h4-7,11-12,17,23,30H,1-3,8-10,13-14H2,(H,27,29)/t17-,23+,24+/m0/s1. The lowest BCUT2D eigenvalue weighted by molar-refractivity contribution is -0.135. The molecule has 170 valence electrons. The van der Waals surface area contributed by atoms with E-state index in [-0.39, 0.29) is 31.2 Å². The Balaban J connectivity index is 1.41. The molecule has 0 unspecified atom stereocenters. The third-order valence-corrected chi connectivity index (χ3v) is 7.51. The van der Waals surface area contributed by atoms with E-state index >= 15 is 0 Å². The van der Waals surface area contributed by atoms with Gasteiger partial charge in [0.15, 0.2) is 11.5 Å². The summed E-state index contributed by atoms with van der Waals surface area (Å²) in [5.74, 6) is 1.34. The maximum Gasteiger partial charge on any atom is 0.238 e. The highest BCUT2D eigenvalue weighted by molar-refractivity contribution is 6.36. The van der Waals surface area contributed by atoms with Crippen molar-refractivity contribution in [3.63, 3.8) is 0 Å². The van der Waals surface area contributed by atoms with E-state index < -0.39 is 5.60 Å². The summed E-state index contributed by atoms with van der Waals surface area (Å²) in [5, 5.41) is 15.3. The number of amides is 1. The quantitative estimate of drug-likeness (QED) is 0.647. The van der Waals surface area contributed by atoms with Crippen LogP contribution in [-0.4, -0.2) is 41.4 Å². The lowest BCUT2D eigenvalue weighted by atomic mass is 9.66. The SMILES string of the molecule is O=C(CN1CC[C@]2(O)CCCC[C@H]2[C@H]1c1ccc2c(c1)OCO2)Nc1ccc(Cl)cc1Cl. The summed E-state index contributed by atoms with van der Waals surface area (Å²) in [5.41, 5.74) is 0.870. The highest BCUT2D eigenvalue weighted by Gasteiger charge is 2.49. The number of carbonyl (C=O) groups is 1. The number of rotatable bonds is 4. The van der Waals surface area contributed by atoms with Crippen molar-refractivity contribution in [2.45, 2.75) is 43.7 Å². The number of anilines is 1. The molecule has 2 aromatic carbocycles. The molecule has 0 spiro atoms. The zero-order valence-electron chi connectivity index (χ0n) is 17.7. The molecule has 5 rings (SSSR count). The van der Waals surface area contributed by atoms with Gasteiger partial charge in [-0.3, -0.25) is 9.69 Å². The molecule has 1 amide bonds. The van der Waals surface area contributed by atoms with Crippen LogP contribution in [-0.2, 0) is 4.79 Å². The Kier molecular flexibility index (Phi) is 5.97. The van der Waals surface area contributed by atoms with Gasteiger partial charge in [-0.25, -0.2) is 0 Å². The van der Waals surface area contributed by atoms with Crippen molar-refractivity contribution in [2.75, 3.05) is 25.2 Å². The third kappa shape index (κ3) is 4.17. The Morgan fingerprint density at radius 2 is 1.97 bits per heavy atom. The Morgan fingerprint density at radius 1 is 1.12 bits per heavy atom. The van der Waals surface area contributed by atoms with Crippen molar-refractivity contribution in [3.05, 3.63) is 52.0 Å². The molecule has 0 aromatic heterocycles. The molecule has 1 saturated heterocycles. The number of halogens is 2. The van der Waals surface area contributed by atoms with Crippen molar-refractivity contribution < 1.29 is 19.4 Å². The maximum atomic E-state index is 13.0. The van der Waals surface area contributed by atoms with E-state index in [0.29, 0.717) is 34.4 Å². The van der Waals surface area contributed by atoms with Gasteiger partial charge in [0.1, 0.15) is 0 Å². The lowest BCUT2D eigenvalue weighted by Gasteiger charge is -2.52. The molecule has 2 aromatic rings. The molecule has 2 fully saturated rings. The zero-order chi connectivity index (χ0) is 22.3. The highest BCUT2D eigenvalue weighted by atomic mass is 35.5. The van der Waals surface area contributed by atoms with Crippen LogP contribution < -0.4 is 14.8 Å². The average molecular weight is 477 g/mol. The summed E-state index contributed by atoms with van der Waals surface area (Å²) in [4.78, 5) is 15.1. The molecule has 2 N–H and O–H groups in total. The number of carbonyl (C=O) groups excluding carboxylic acids is 1. The van der Waals surface area contributed by atoms with Crippen molar-refractivity contribution in [1.29, 1.82) is 0 Å². The number of aliphatic hydroxyl groups is 1. The second-order valence-electron chi connectivity index (χ2n) is 8.91. The summed E-state index contributed by atoms with van der Waals surface area (Å²) in [6.07, 6.45) is 4.51. The second kappa shape index (κ2) is 8.75. The monoisotopic (exact) mass is 476 g/mol. The predicted molar refractivity (Wildman–Crippen MR) is 123 cm³/mol. The number of fused-ring (bicyclic) bond motifs is 2. The number of likely N-dealkylation sites (tertiary alicyclic amines) is 1. The van der Waals surface area contributed by atoms with Gasteiger partial charge in [0.25, 0.3) is 0 Å². The van der Waals surface area contributed by atoms with Gasteiger partial charge in [0, 0.05) is 23.5 Å². The van der Waals surface area contributed by atoms with E-state index in [2.05, 4.69) is 10.2 Å². The van der Waals surface area contributed by atoms with E-state index in [0.717, 1.165) is 37.0 Å². The zero-order valence-corrected chi connectivity index (χ0v) is 19.2. The lowest BCUT2D eigenvalue weighted by Crippen LogP contribution is -2.56. The van der Waals surface area contributed by atoms with Crippen molar-refractivity contribution in [3.8, 4) is 11.5 Å². The topological polar surface area (TPSA) is 71.0 Å². The van der Waals surface area contributed by atoms with Gasteiger partial charge in [0.2, 0.25) is 12.7 Å². The van der Waals surface area contributed by atoms with Gasteiger partial charge in [-0.1, -0.05) is 42.1 Å². The van der Waals surface area contributed by atoms with E-state index in [1.165, 1.54) is 0 Å². The fourth-order valence-electron chi connectivity index (χ4n) is 5.43. The number of piperidine rings is 1. The normalized spacial score (nSPS) is 27.1. The van der Waals surface area contributed by atoms with Crippen molar-refractivity contribution >= 4 is 34.8 Å². The Hall–Kier alpha value is -1.99. The Labute approximate surface area is 197 Å². The van der Waals surface area contributed by atoms with Gasteiger partial charge < -0.3 is 19.9 Å². The van der Waals surface area contributed by atoms with Crippen LogP contribution in [0.4, 0.5) is 5.69 Å². The molecule has 3 atom stereocenters. The molecule has 8 heteroatoms. The molecule has 0 bridgehead atoms. The van der Waals surface area contributed by atoms with E-state index in [9.17, 15) is 9.90 Å². The first kappa shape index (κ1) is 21.8. The molecule has 3 aliphatic rings. The number of nitrogens with zero attached hydrogens (tertiary/aromatic N) is 1. The van der Waals surface area contributed by atoms with Crippen molar-refractivity contribution in [2.24, 2.45) is 5.92 Å². The fraction of sp³-hybridized carbons (Fsp3) is 0.458. The summed E-state index contributed by atoms with van der Waals surface area (Å²) < 4.78 is 11.1. The van der Waals surface area contributed by atoms with Crippen LogP contribution in [0.3, 0.4) is 0 Å². The number of hydrogen-bond donors (Lipinski definition) is 2. The molecule has 0 radical (unpaired) electrons. The molecule has 32 heavy (non-hydrogen) atoms. The van der Waals surface area contributed by atoms with Gasteiger partial charge in [-0.05, 0) is 55.2 Å². The van der Waals surface area contributed by atoms with E-state index in [1.807, 2.05) is 18.2 Å². The van der Waals surface area contributed by atoms with E-state index in [4.69, 9.17) is 32.7 Å². The fourth-order valence-corrected chi connectivity index (χ4v) is 5.88. The third-order valence-electron chi connectivity index (χ3n) is 6.96. The predicted octanol–water partition coefficient (Wildman–Crippen LogP) is 5.03. The van der Waals surface area contributed by atoms with Gasteiger partial charge in [-0.15, -0.1) is 0 Å². The minimum absolute atomic E-state index is 0.0530. The van der Waals surface area contributed by atoms with Gasteiger partial charge in [0.05, 0.1) is 22.9 Å². The Morgan fingerprint density at radius 3 is 2.81 bits per heavy atom. The number of nitrogens with one attached hydrogen (secondary N) is 1. The Bertz CT molecular complexity index is 1030. The molecule has 1 aliphatic carbocycles. The summed E-state index contributed by atoms with van der Waals surface area (Å²) >= 11 is 12.2. The maximum absolute atomic E-state index is 13.0. The summed E-state index contributed by atoms with van der Waals surface area (Å²) in [6, 6.07) is 10.9. The van der Waals surface area contributed by atoms with E-state index in [1.54, 1.807) is 18.2 Å². The molecular formula is C24H26Cl2N2O4. The van der Waals surface area contributed by atoms with Crippen LogP contribution in [0.2, 0.25) is 10.0 Å². The molecule has 1 saturated carbocycles. The number of benzene rings is 2. The molecular weight excluding hydrogens is 451 g/mol. The average Bonchev–Trinajstić information content (AvgIpc) is 3.23. The second-order valence-corrected chi connectivity index (χ2v) is 9.75. The van der Waals surface area contributed by atoms with Gasteiger partial charge >= 0.3 is 0 Å². The molecule has 6 nitrogen and oxygen atoms in total. The highest BCUT2D eigenvalue weighted by Crippen LogP contribution is 2.50. The van der Waals surface area contributed by atoms with Crippen molar-refractivity contribution in [1.82, 2.24) is 4.90 Å². The summed E-state index contributed by atoms with van der Waals surface area (Å²) in [6.45, 7) is 1.04. The molecule has 2 aliphatic heterocycles. The smallest absolute Gasteiger partial charge is 0.238 e. The molecule has 2 heterocycles. The van der Waals surface area contributed by atoms with Crippen LogP contribution in [0.5, 0.6) is 11.5 Å². The van der Waals surface area contributed by atoms with Crippen LogP contribution in [0.1, 0.15) is 43.7 Å². The first-order chi connectivity index (χ1) is 15.4. The number of ether oxygens (including phenoxy) is 2. The van der Waals surface area contributed by atoms with Crippen LogP contribution in [0.25, 0.3) is 0 Å². The van der Waals surface area contributed by atoms with Gasteiger partial charge in [-0.2, -0.15) is 0 Å². The minimum atomic E-state index is -0.703. The minimum Gasteiger partial charge on any atom is -0.454 e. The first-order valence-corrected chi connectivity index (χ1v) is 11.8. The van der Waals surface area contributed by atoms with Crippen LogP contribution >= 0.6 is 23.2 Å². The first-order valence-electron chi connectivity index (χ1n) is 11.0.